The minimum absolute atomic E-state index is 0.139. The second-order valence-electron chi connectivity index (χ2n) is 8.74. The molecule has 1 aliphatic rings. The van der Waals surface area contributed by atoms with E-state index in [0.717, 1.165) is 0 Å². The van der Waals surface area contributed by atoms with Crippen LogP contribution in [-0.4, -0.2) is 77.6 Å². The molecule has 2 rings (SSSR count). The Morgan fingerprint density at radius 2 is 1.77 bits per heavy atom. The van der Waals surface area contributed by atoms with E-state index in [2.05, 4.69) is 5.10 Å². The average Bonchev–Trinajstić information content (AvgIpc) is 2.66. The molecule has 0 N–H and O–H groups in total. The summed E-state index contributed by atoms with van der Waals surface area (Å²) in [5.41, 5.74) is 0.253. The van der Waals surface area contributed by atoms with Gasteiger partial charge in [-0.3, -0.25) is 14.4 Å². The lowest BCUT2D eigenvalue weighted by Gasteiger charge is -2.29. The van der Waals surface area contributed by atoms with Crippen LogP contribution in [0.4, 0.5) is 4.39 Å². The topological polar surface area (TPSA) is 82.5 Å². The molecule has 1 aliphatic heterocycles. The molecule has 0 atom stereocenters. The van der Waals surface area contributed by atoms with Gasteiger partial charge in [0, 0.05) is 25.9 Å². The molecule has 0 saturated carbocycles. The summed E-state index contributed by atoms with van der Waals surface area (Å²) < 4.78 is 18.5. The van der Waals surface area contributed by atoms with Crippen LogP contribution in [0.15, 0.2) is 29.4 Å². The van der Waals surface area contributed by atoms with E-state index in [4.69, 9.17) is 4.74 Å². The van der Waals surface area contributed by atoms with Gasteiger partial charge in [0.2, 0.25) is 5.91 Å². The molecule has 2 amide bonds. The fourth-order valence-electron chi connectivity index (χ4n) is 2.93. The van der Waals surface area contributed by atoms with Gasteiger partial charge in [-0.15, -0.1) is 0 Å². The van der Waals surface area contributed by atoms with Gasteiger partial charge >= 0.3 is 5.97 Å². The highest BCUT2D eigenvalue weighted by molar-refractivity contribution is 6.39. The Balaban J connectivity index is 2.17. The number of carbonyl (C=O) groups excluding carboxylic acids is 3. The van der Waals surface area contributed by atoms with Crippen molar-refractivity contribution in [2.45, 2.75) is 45.8 Å². The molecule has 31 heavy (non-hydrogen) atoms. The highest BCUT2D eigenvalue weighted by Gasteiger charge is 2.29. The molecule has 9 heteroatoms. The standard InChI is InChI=1S/C22H31FN4O4/c1-22(2,3)31-20(29)15-26(13-12-25(4)5)21(30)18-10-11-19(28)27(24-18)14-16-6-8-17(23)9-7-16/h6-9H,10-15H2,1-5H3. The summed E-state index contributed by atoms with van der Waals surface area (Å²) in [6, 6.07) is 5.76. The van der Waals surface area contributed by atoms with Crippen molar-refractivity contribution in [3.05, 3.63) is 35.6 Å². The molecule has 1 heterocycles. The van der Waals surface area contributed by atoms with Crippen LogP contribution in [0, 0.1) is 5.82 Å². The number of rotatable bonds is 8. The number of benzene rings is 1. The van der Waals surface area contributed by atoms with Gasteiger partial charge in [0.25, 0.3) is 5.91 Å². The van der Waals surface area contributed by atoms with E-state index in [1.54, 1.807) is 32.9 Å². The number of amides is 2. The third-order valence-corrected chi connectivity index (χ3v) is 4.44. The average molecular weight is 435 g/mol. The van der Waals surface area contributed by atoms with Crippen LogP contribution < -0.4 is 0 Å². The first kappa shape index (κ1) is 24.5. The van der Waals surface area contributed by atoms with E-state index in [-0.39, 0.29) is 43.4 Å². The lowest BCUT2D eigenvalue weighted by atomic mass is 10.1. The van der Waals surface area contributed by atoms with Crippen molar-refractivity contribution < 1.29 is 23.5 Å². The maximum absolute atomic E-state index is 13.1. The summed E-state index contributed by atoms with van der Waals surface area (Å²) in [6.07, 6.45) is 0.337. The second-order valence-corrected chi connectivity index (χ2v) is 8.74. The highest BCUT2D eigenvalue weighted by atomic mass is 19.1. The van der Waals surface area contributed by atoms with Gasteiger partial charge < -0.3 is 14.5 Å². The predicted octanol–water partition coefficient (Wildman–Crippen LogP) is 2.04. The summed E-state index contributed by atoms with van der Waals surface area (Å²) in [6.45, 7) is 6.10. The summed E-state index contributed by atoms with van der Waals surface area (Å²) >= 11 is 0. The number of nitrogens with zero attached hydrogens (tertiary/aromatic N) is 4. The molecule has 0 unspecified atom stereocenters. The van der Waals surface area contributed by atoms with Gasteiger partial charge in [0.05, 0.1) is 6.54 Å². The van der Waals surface area contributed by atoms with E-state index in [1.807, 2.05) is 19.0 Å². The van der Waals surface area contributed by atoms with E-state index >= 15 is 0 Å². The first-order valence-corrected chi connectivity index (χ1v) is 10.2. The minimum atomic E-state index is -0.659. The first-order chi connectivity index (χ1) is 14.4. The number of halogens is 1. The smallest absolute Gasteiger partial charge is 0.326 e. The van der Waals surface area contributed by atoms with E-state index in [1.165, 1.54) is 22.0 Å². The highest BCUT2D eigenvalue weighted by Crippen LogP contribution is 2.16. The number of carbonyl (C=O) groups is 3. The number of hydrazone groups is 1. The largest absolute Gasteiger partial charge is 0.459 e. The molecule has 170 valence electrons. The maximum atomic E-state index is 13.1. The lowest BCUT2D eigenvalue weighted by molar-refractivity contribution is -0.158. The van der Waals surface area contributed by atoms with Crippen LogP contribution in [0.2, 0.25) is 0 Å². The van der Waals surface area contributed by atoms with Crippen LogP contribution in [0.3, 0.4) is 0 Å². The van der Waals surface area contributed by atoms with Crippen molar-refractivity contribution in [3.63, 3.8) is 0 Å². The van der Waals surface area contributed by atoms with Gasteiger partial charge in [-0.2, -0.15) is 5.10 Å². The molecule has 0 fully saturated rings. The van der Waals surface area contributed by atoms with Crippen LogP contribution in [0.5, 0.6) is 0 Å². The van der Waals surface area contributed by atoms with Gasteiger partial charge in [0.1, 0.15) is 23.7 Å². The summed E-state index contributed by atoms with van der Waals surface area (Å²) in [5, 5.41) is 5.48. The van der Waals surface area contributed by atoms with Gasteiger partial charge in [-0.05, 0) is 52.6 Å². The second kappa shape index (κ2) is 10.5. The predicted molar refractivity (Wildman–Crippen MR) is 115 cm³/mol. The number of esters is 1. The zero-order valence-corrected chi connectivity index (χ0v) is 18.9. The maximum Gasteiger partial charge on any atom is 0.326 e. The molecule has 0 spiro atoms. The normalized spacial score (nSPS) is 14.5. The minimum Gasteiger partial charge on any atom is -0.459 e. The molecule has 0 radical (unpaired) electrons. The summed E-state index contributed by atoms with van der Waals surface area (Å²) in [4.78, 5) is 41.1. The van der Waals surface area contributed by atoms with Gasteiger partial charge in [0.15, 0.2) is 0 Å². The zero-order valence-electron chi connectivity index (χ0n) is 18.9. The Hall–Kier alpha value is -2.81. The van der Waals surface area contributed by atoms with E-state index in [9.17, 15) is 18.8 Å². The van der Waals surface area contributed by atoms with Crippen molar-refractivity contribution in [2.75, 3.05) is 33.7 Å². The van der Waals surface area contributed by atoms with Crippen molar-refractivity contribution >= 4 is 23.5 Å². The summed E-state index contributed by atoms with van der Waals surface area (Å²) in [7, 11) is 3.74. The number of ether oxygens (including phenoxy) is 1. The molecule has 0 aromatic heterocycles. The fourth-order valence-corrected chi connectivity index (χ4v) is 2.93. The molecule has 0 aliphatic carbocycles. The third kappa shape index (κ3) is 8.09. The Labute approximate surface area is 182 Å². The van der Waals surface area contributed by atoms with Crippen molar-refractivity contribution in [1.29, 1.82) is 0 Å². The van der Waals surface area contributed by atoms with Crippen LogP contribution in [0.1, 0.15) is 39.2 Å². The zero-order chi connectivity index (χ0) is 23.2. The van der Waals surface area contributed by atoms with Gasteiger partial charge in [-0.25, -0.2) is 9.40 Å². The molecule has 8 nitrogen and oxygen atoms in total. The number of hydrogen-bond donors (Lipinski definition) is 0. The molecular formula is C22H31FN4O4. The Bertz CT molecular complexity index is 831. The quantitative estimate of drug-likeness (QED) is 0.585. The summed E-state index contributed by atoms with van der Waals surface area (Å²) in [5.74, 6) is -1.49. The fraction of sp³-hybridized carbons (Fsp3) is 0.545. The van der Waals surface area contributed by atoms with Crippen LogP contribution in [-0.2, 0) is 25.7 Å². The van der Waals surface area contributed by atoms with E-state index in [0.29, 0.717) is 18.7 Å². The number of likely N-dealkylation sites (N-methyl/N-ethyl adjacent to an activating group) is 1. The Kier molecular flexibility index (Phi) is 8.27. The van der Waals surface area contributed by atoms with E-state index < -0.39 is 17.5 Å². The monoisotopic (exact) mass is 434 g/mol. The Morgan fingerprint density at radius 1 is 1.13 bits per heavy atom. The first-order valence-electron chi connectivity index (χ1n) is 10.2. The lowest BCUT2D eigenvalue weighted by Crippen LogP contribution is -2.46. The van der Waals surface area contributed by atoms with Crippen molar-refractivity contribution in [3.8, 4) is 0 Å². The third-order valence-electron chi connectivity index (χ3n) is 4.44. The van der Waals surface area contributed by atoms with Gasteiger partial charge in [-0.1, -0.05) is 12.1 Å². The number of hydrogen-bond acceptors (Lipinski definition) is 6. The molecule has 0 bridgehead atoms. The molecule has 1 aromatic carbocycles. The van der Waals surface area contributed by atoms with Crippen LogP contribution in [0.25, 0.3) is 0 Å². The van der Waals surface area contributed by atoms with Crippen molar-refractivity contribution in [1.82, 2.24) is 14.8 Å². The van der Waals surface area contributed by atoms with Crippen molar-refractivity contribution in [2.24, 2.45) is 5.10 Å². The molecule has 0 saturated heterocycles. The molecule has 1 aromatic rings. The Morgan fingerprint density at radius 3 is 2.35 bits per heavy atom. The molecular weight excluding hydrogens is 403 g/mol. The SMILES string of the molecule is CN(C)CCN(CC(=O)OC(C)(C)C)C(=O)C1=NN(Cc2ccc(F)cc2)C(=O)CC1. The van der Waals surface area contributed by atoms with Crippen LogP contribution >= 0.6 is 0 Å².